The Kier molecular flexibility index (Phi) is 3.02. The molecule has 0 fully saturated rings. The predicted octanol–water partition coefficient (Wildman–Crippen LogP) is -1.17. The number of aliphatic hydroxyl groups excluding tert-OH is 1. The van der Waals surface area contributed by atoms with Crippen LogP contribution in [0.5, 0.6) is 0 Å². The monoisotopic (exact) mass is 90.1 g/mol. The lowest BCUT2D eigenvalue weighted by Gasteiger charge is -2.01. The Morgan fingerprint density at radius 2 is 2.50 bits per heavy atom. The summed E-state index contributed by atoms with van der Waals surface area (Å²) in [7, 11) is 0. The Labute approximate surface area is 37.1 Å². The van der Waals surface area contributed by atoms with E-state index in [9.17, 15) is 0 Å². The van der Waals surface area contributed by atoms with Crippen molar-refractivity contribution in [2.75, 3.05) is 6.61 Å². The van der Waals surface area contributed by atoms with Gasteiger partial charge in [-0.05, 0) is 6.92 Å². The van der Waals surface area contributed by atoms with Gasteiger partial charge in [-0.25, -0.2) is 0 Å². The second-order valence-electron chi connectivity index (χ2n) is 1.25. The zero-order valence-corrected chi connectivity index (χ0v) is 3.81. The smallest absolute Gasteiger partial charge is 0.0595 e. The minimum Gasteiger partial charge on any atom is -0.395 e. The highest BCUT2D eigenvalue weighted by molar-refractivity contribution is 4.47. The van der Waals surface area contributed by atoms with Crippen molar-refractivity contribution in [2.45, 2.75) is 13.0 Å². The van der Waals surface area contributed by atoms with Gasteiger partial charge in [-0.15, -0.1) is 0 Å². The van der Waals surface area contributed by atoms with Gasteiger partial charge < -0.3 is 5.11 Å². The fourth-order valence-corrected chi connectivity index (χ4v) is 0.0527. The number of nitrogens with two attached hydrogens (primary N) is 1. The Morgan fingerprint density at radius 3 is 2.50 bits per heavy atom. The standard InChI is InChI=1S/C3H10N2O/c1-3(2-6)5-4/h3,5-6H,2,4H2,1H3/t3-/m0/s1. The first kappa shape index (κ1) is 5.88. The quantitative estimate of drug-likeness (QED) is 0.296. The zero-order valence-electron chi connectivity index (χ0n) is 3.81. The topological polar surface area (TPSA) is 58.3 Å². The summed E-state index contributed by atoms with van der Waals surface area (Å²) in [5.41, 5.74) is 2.36. The average molecular weight is 90.1 g/mol. The van der Waals surface area contributed by atoms with Crippen LogP contribution in [0.1, 0.15) is 6.92 Å². The molecule has 0 unspecified atom stereocenters. The van der Waals surface area contributed by atoms with Crippen LogP contribution in [0.2, 0.25) is 0 Å². The van der Waals surface area contributed by atoms with Gasteiger partial charge in [-0.1, -0.05) is 0 Å². The lowest BCUT2D eigenvalue weighted by Crippen LogP contribution is -2.34. The van der Waals surface area contributed by atoms with Gasteiger partial charge in [-0.2, -0.15) is 0 Å². The predicted molar refractivity (Wildman–Crippen MR) is 23.9 cm³/mol. The highest BCUT2D eigenvalue weighted by atomic mass is 16.3. The van der Waals surface area contributed by atoms with Crippen molar-refractivity contribution < 1.29 is 5.11 Å². The van der Waals surface area contributed by atoms with Gasteiger partial charge in [0.25, 0.3) is 0 Å². The molecule has 3 heteroatoms. The number of rotatable bonds is 2. The Bertz CT molecular complexity index is 28.0. The molecular weight excluding hydrogens is 80.0 g/mol. The van der Waals surface area contributed by atoms with Crippen LogP contribution in [-0.2, 0) is 0 Å². The minimum atomic E-state index is 0.0185. The van der Waals surface area contributed by atoms with Gasteiger partial charge in [0.15, 0.2) is 0 Å². The third-order valence-corrected chi connectivity index (χ3v) is 0.558. The lowest BCUT2D eigenvalue weighted by molar-refractivity contribution is 0.253. The van der Waals surface area contributed by atoms with Crippen LogP contribution < -0.4 is 11.3 Å². The van der Waals surface area contributed by atoms with E-state index in [4.69, 9.17) is 10.9 Å². The van der Waals surface area contributed by atoms with E-state index in [0.717, 1.165) is 0 Å². The SMILES string of the molecule is C[C@@H](CO)NN. The molecule has 0 bridgehead atoms. The maximum atomic E-state index is 8.19. The van der Waals surface area contributed by atoms with Crippen LogP contribution in [0, 0.1) is 0 Å². The maximum absolute atomic E-state index is 8.19. The molecule has 0 aliphatic heterocycles. The third kappa shape index (κ3) is 2.14. The molecule has 0 radical (unpaired) electrons. The molecule has 0 aromatic heterocycles. The van der Waals surface area contributed by atoms with E-state index in [1.54, 1.807) is 6.92 Å². The fraction of sp³-hybridized carbons (Fsp3) is 1.00. The van der Waals surface area contributed by atoms with Crippen molar-refractivity contribution in [3.63, 3.8) is 0 Å². The van der Waals surface area contributed by atoms with E-state index in [-0.39, 0.29) is 12.6 Å². The van der Waals surface area contributed by atoms with Gasteiger partial charge in [-0.3, -0.25) is 11.3 Å². The van der Waals surface area contributed by atoms with E-state index in [0.29, 0.717) is 0 Å². The summed E-state index contributed by atoms with van der Waals surface area (Å²) >= 11 is 0. The Morgan fingerprint density at radius 1 is 2.00 bits per heavy atom. The molecule has 3 nitrogen and oxygen atoms in total. The summed E-state index contributed by atoms with van der Waals surface area (Å²) in [4.78, 5) is 0. The normalized spacial score (nSPS) is 14.5. The molecule has 0 saturated carbocycles. The van der Waals surface area contributed by atoms with Crippen molar-refractivity contribution in [3.05, 3.63) is 0 Å². The van der Waals surface area contributed by atoms with Gasteiger partial charge in [0.1, 0.15) is 0 Å². The highest BCUT2D eigenvalue weighted by Crippen LogP contribution is 1.68. The van der Waals surface area contributed by atoms with E-state index >= 15 is 0 Å². The minimum absolute atomic E-state index is 0.0185. The van der Waals surface area contributed by atoms with Crippen molar-refractivity contribution in [1.29, 1.82) is 0 Å². The van der Waals surface area contributed by atoms with Crippen LogP contribution >= 0.6 is 0 Å². The molecule has 0 spiro atoms. The number of hydrogen-bond acceptors (Lipinski definition) is 3. The Hall–Kier alpha value is -0.120. The van der Waals surface area contributed by atoms with Crippen LogP contribution in [0.3, 0.4) is 0 Å². The molecule has 0 aromatic rings. The van der Waals surface area contributed by atoms with Crippen LogP contribution in [0.15, 0.2) is 0 Å². The largest absolute Gasteiger partial charge is 0.395 e. The van der Waals surface area contributed by atoms with E-state index in [2.05, 4.69) is 5.43 Å². The van der Waals surface area contributed by atoms with Crippen molar-refractivity contribution in [3.8, 4) is 0 Å². The first-order valence-electron chi connectivity index (χ1n) is 1.88. The summed E-state index contributed by atoms with van der Waals surface area (Å²) in [6.45, 7) is 1.89. The summed E-state index contributed by atoms with van der Waals surface area (Å²) in [5, 5.41) is 8.19. The number of nitrogens with one attached hydrogen (secondary N) is 1. The number of hydrogen-bond donors (Lipinski definition) is 3. The number of aliphatic hydroxyl groups is 1. The first-order valence-corrected chi connectivity index (χ1v) is 1.88. The third-order valence-electron chi connectivity index (χ3n) is 0.558. The second-order valence-corrected chi connectivity index (χ2v) is 1.25. The molecule has 0 saturated heterocycles. The van der Waals surface area contributed by atoms with E-state index in [1.807, 2.05) is 0 Å². The molecular formula is C3H10N2O. The van der Waals surface area contributed by atoms with Crippen molar-refractivity contribution in [2.24, 2.45) is 5.84 Å². The van der Waals surface area contributed by atoms with E-state index < -0.39 is 0 Å². The summed E-state index contributed by atoms with van der Waals surface area (Å²) in [5.74, 6) is 4.87. The summed E-state index contributed by atoms with van der Waals surface area (Å²) < 4.78 is 0. The van der Waals surface area contributed by atoms with Crippen LogP contribution in [0.4, 0.5) is 0 Å². The van der Waals surface area contributed by atoms with E-state index in [1.165, 1.54) is 0 Å². The lowest BCUT2D eigenvalue weighted by atomic mass is 10.4. The molecule has 38 valence electrons. The fourth-order valence-electron chi connectivity index (χ4n) is 0.0527. The molecule has 0 amide bonds. The molecule has 0 aromatic carbocycles. The molecule has 0 aliphatic rings. The highest BCUT2D eigenvalue weighted by Gasteiger charge is 1.88. The first-order chi connectivity index (χ1) is 2.81. The van der Waals surface area contributed by atoms with Gasteiger partial charge in [0, 0.05) is 6.04 Å². The molecule has 4 N–H and O–H groups in total. The van der Waals surface area contributed by atoms with Crippen LogP contribution in [0.25, 0.3) is 0 Å². The summed E-state index contributed by atoms with van der Waals surface area (Å²) in [6, 6.07) is 0.0185. The van der Waals surface area contributed by atoms with Crippen molar-refractivity contribution in [1.82, 2.24) is 5.43 Å². The van der Waals surface area contributed by atoms with Crippen molar-refractivity contribution >= 4 is 0 Å². The molecule has 0 heterocycles. The van der Waals surface area contributed by atoms with Gasteiger partial charge in [0.05, 0.1) is 6.61 Å². The Balaban J connectivity index is 2.75. The van der Waals surface area contributed by atoms with Gasteiger partial charge >= 0.3 is 0 Å². The maximum Gasteiger partial charge on any atom is 0.0595 e. The van der Waals surface area contributed by atoms with Gasteiger partial charge in [0.2, 0.25) is 0 Å². The second kappa shape index (κ2) is 3.08. The molecule has 0 aliphatic carbocycles. The average Bonchev–Trinajstić information content (AvgIpc) is 1.65. The number of hydrazine groups is 1. The van der Waals surface area contributed by atoms with Crippen LogP contribution in [-0.4, -0.2) is 17.8 Å². The molecule has 1 atom stereocenters. The molecule has 0 rings (SSSR count). The molecule has 6 heavy (non-hydrogen) atoms. The zero-order chi connectivity index (χ0) is 4.99. The summed E-state index contributed by atoms with van der Waals surface area (Å²) in [6.07, 6.45) is 0.